The van der Waals surface area contributed by atoms with Crippen molar-refractivity contribution in [3.8, 4) is 11.5 Å². The molecule has 3 rings (SSSR count). The molecule has 1 aliphatic rings. The third-order valence-electron chi connectivity index (χ3n) is 4.97. The molecule has 1 aliphatic heterocycles. The van der Waals surface area contributed by atoms with E-state index in [1.54, 1.807) is 15.3 Å². The molecule has 0 N–H and O–H groups in total. The third-order valence-corrected chi connectivity index (χ3v) is 7.55. The fourth-order valence-corrected chi connectivity index (χ4v) is 4.52. The molecule has 0 saturated carbocycles. The highest BCUT2D eigenvalue weighted by Crippen LogP contribution is 2.22. The zero-order chi connectivity index (χ0) is 21.9. The Bertz CT molecular complexity index is 1000. The van der Waals surface area contributed by atoms with E-state index in [2.05, 4.69) is 60.7 Å². The SMILES string of the molecule is C[Si](C)(C)C#Cc1ncc2c(n1)n(C1CCCOC1)c(=O)n2COCC[Si](C)(C)C. The Balaban J connectivity index is 1.98. The maximum atomic E-state index is 13.3. The molecule has 0 radical (unpaired) electrons. The van der Waals surface area contributed by atoms with E-state index in [0.717, 1.165) is 25.5 Å². The van der Waals surface area contributed by atoms with Crippen LogP contribution in [-0.4, -0.2) is 55.1 Å². The minimum atomic E-state index is -1.55. The van der Waals surface area contributed by atoms with Gasteiger partial charge in [0.1, 0.15) is 20.3 Å². The first kappa shape index (κ1) is 22.9. The molecule has 0 aromatic carbocycles. The van der Waals surface area contributed by atoms with Gasteiger partial charge in [0.15, 0.2) is 5.65 Å². The highest BCUT2D eigenvalue weighted by molar-refractivity contribution is 6.83. The van der Waals surface area contributed by atoms with Gasteiger partial charge in [-0.05, 0) is 24.8 Å². The molecule has 30 heavy (non-hydrogen) atoms. The van der Waals surface area contributed by atoms with E-state index in [0.29, 0.717) is 30.2 Å². The van der Waals surface area contributed by atoms with Crippen LogP contribution < -0.4 is 5.69 Å². The Morgan fingerprint density at radius 3 is 2.67 bits per heavy atom. The predicted molar refractivity (Wildman–Crippen MR) is 125 cm³/mol. The van der Waals surface area contributed by atoms with Crippen LogP contribution in [0, 0.1) is 11.5 Å². The van der Waals surface area contributed by atoms with Crippen molar-refractivity contribution < 1.29 is 9.47 Å². The molecule has 1 fully saturated rings. The molecule has 0 bridgehead atoms. The summed E-state index contributed by atoms with van der Waals surface area (Å²) in [5.74, 6) is 3.58. The van der Waals surface area contributed by atoms with Gasteiger partial charge in [-0.3, -0.25) is 9.13 Å². The van der Waals surface area contributed by atoms with Gasteiger partial charge in [-0.1, -0.05) is 39.3 Å². The van der Waals surface area contributed by atoms with Gasteiger partial charge in [0.05, 0.1) is 18.8 Å². The lowest BCUT2D eigenvalue weighted by molar-refractivity contribution is 0.0568. The van der Waals surface area contributed by atoms with E-state index in [1.165, 1.54) is 0 Å². The Labute approximate surface area is 180 Å². The monoisotopic (exact) mass is 446 g/mol. The van der Waals surface area contributed by atoms with E-state index >= 15 is 0 Å². The van der Waals surface area contributed by atoms with Crippen LogP contribution in [0.25, 0.3) is 11.2 Å². The van der Waals surface area contributed by atoms with Gasteiger partial charge in [-0.2, -0.15) is 0 Å². The van der Waals surface area contributed by atoms with Crippen LogP contribution in [0.2, 0.25) is 45.3 Å². The summed E-state index contributed by atoms with van der Waals surface area (Å²) < 4.78 is 14.9. The number of nitrogens with zero attached hydrogens (tertiary/aromatic N) is 4. The fraction of sp³-hybridized carbons (Fsp3) is 0.667. The summed E-state index contributed by atoms with van der Waals surface area (Å²) in [5.41, 5.74) is 4.51. The summed E-state index contributed by atoms with van der Waals surface area (Å²) in [6.07, 6.45) is 3.54. The van der Waals surface area contributed by atoms with Gasteiger partial charge in [0.2, 0.25) is 5.82 Å². The van der Waals surface area contributed by atoms with E-state index in [1.807, 2.05) is 0 Å². The molecule has 0 spiro atoms. The van der Waals surface area contributed by atoms with Crippen LogP contribution in [0.4, 0.5) is 0 Å². The van der Waals surface area contributed by atoms with Gasteiger partial charge < -0.3 is 9.47 Å². The van der Waals surface area contributed by atoms with Gasteiger partial charge in [-0.25, -0.2) is 14.8 Å². The predicted octanol–water partition coefficient (Wildman–Crippen LogP) is 3.49. The average molecular weight is 447 g/mol. The number of rotatable bonds is 6. The average Bonchev–Trinajstić information content (AvgIpc) is 2.94. The van der Waals surface area contributed by atoms with Crippen molar-refractivity contribution in [1.29, 1.82) is 0 Å². The zero-order valence-electron chi connectivity index (χ0n) is 19.1. The van der Waals surface area contributed by atoms with E-state index in [9.17, 15) is 4.79 Å². The molecule has 7 nitrogen and oxygen atoms in total. The fourth-order valence-electron chi connectivity index (χ4n) is 3.28. The summed E-state index contributed by atoms with van der Waals surface area (Å²) in [6, 6.07) is 1.04. The standard InChI is InChI=1S/C21H34N4O3Si2/c1-29(2,3)12-9-19-22-14-18-20(23-19)25(17-8-7-10-27-15-17)21(26)24(18)16-28-11-13-30(4,5)6/h14,17H,7-8,10-11,13,15-16H2,1-6H3. The van der Waals surface area contributed by atoms with E-state index < -0.39 is 16.1 Å². The molecule has 1 unspecified atom stereocenters. The molecule has 1 atom stereocenters. The smallest absolute Gasteiger partial charge is 0.332 e. The minimum Gasteiger partial charge on any atom is -0.379 e. The summed E-state index contributed by atoms with van der Waals surface area (Å²) in [7, 11) is -2.74. The first-order chi connectivity index (χ1) is 14.1. The minimum absolute atomic E-state index is 0.0234. The largest absolute Gasteiger partial charge is 0.379 e. The zero-order valence-corrected chi connectivity index (χ0v) is 21.1. The Morgan fingerprint density at radius 1 is 1.27 bits per heavy atom. The Hall–Kier alpha value is -1.74. The lowest BCUT2D eigenvalue weighted by atomic mass is 10.1. The first-order valence-corrected chi connectivity index (χ1v) is 17.9. The summed E-state index contributed by atoms with van der Waals surface area (Å²) in [5, 5.41) is 0. The topological polar surface area (TPSA) is 71.2 Å². The van der Waals surface area contributed by atoms with Crippen molar-refractivity contribution in [3.63, 3.8) is 0 Å². The second kappa shape index (κ2) is 9.18. The Kier molecular flexibility index (Phi) is 7.02. The molecule has 3 heterocycles. The lowest BCUT2D eigenvalue weighted by Gasteiger charge is -2.22. The van der Waals surface area contributed by atoms with Crippen molar-refractivity contribution in [2.75, 3.05) is 19.8 Å². The van der Waals surface area contributed by atoms with Crippen molar-refractivity contribution in [3.05, 3.63) is 22.5 Å². The van der Waals surface area contributed by atoms with Gasteiger partial charge >= 0.3 is 5.69 Å². The van der Waals surface area contributed by atoms with Crippen molar-refractivity contribution in [2.24, 2.45) is 0 Å². The molecular formula is C21H34N4O3Si2. The maximum Gasteiger partial charge on any atom is 0.332 e. The number of hydrogen-bond acceptors (Lipinski definition) is 5. The van der Waals surface area contributed by atoms with Crippen LogP contribution in [0.15, 0.2) is 11.0 Å². The number of hydrogen-bond donors (Lipinski definition) is 0. The molecular weight excluding hydrogens is 412 g/mol. The lowest BCUT2D eigenvalue weighted by Crippen LogP contribution is -2.32. The van der Waals surface area contributed by atoms with Crippen LogP contribution in [-0.2, 0) is 16.2 Å². The summed E-state index contributed by atoms with van der Waals surface area (Å²) in [4.78, 5) is 22.4. The third kappa shape index (κ3) is 5.91. The normalized spacial score (nSPS) is 17.7. The molecule has 9 heteroatoms. The highest BCUT2D eigenvalue weighted by Gasteiger charge is 2.24. The van der Waals surface area contributed by atoms with Crippen LogP contribution in [0.3, 0.4) is 0 Å². The van der Waals surface area contributed by atoms with Crippen molar-refractivity contribution >= 4 is 27.3 Å². The molecule has 0 amide bonds. The van der Waals surface area contributed by atoms with Gasteiger partial charge in [0, 0.05) is 21.3 Å². The molecule has 2 aromatic rings. The van der Waals surface area contributed by atoms with Gasteiger partial charge in [-0.15, -0.1) is 5.54 Å². The van der Waals surface area contributed by atoms with Crippen molar-refractivity contribution in [1.82, 2.24) is 19.1 Å². The maximum absolute atomic E-state index is 13.3. The van der Waals surface area contributed by atoms with E-state index in [-0.39, 0.29) is 18.5 Å². The quantitative estimate of drug-likeness (QED) is 0.386. The molecule has 0 aliphatic carbocycles. The first-order valence-electron chi connectivity index (χ1n) is 10.7. The Morgan fingerprint density at radius 2 is 2.03 bits per heavy atom. The van der Waals surface area contributed by atoms with Crippen molar-refractivity contribution in [2.45, 2.75) is 70.9 Å². The summed E-state index contributed by atoms with van der Waals surface area (Å²) in [6.45, 7) is 15.6. The molecule has 2 aromatic heterocycles. The second-order valence-corrected chi connectivity index (χ2v) is 20.6. The second-order valence-electron chi connectivity index (χ2n) is 10.2. The molecule has 1 saturated heterocycles. The number of imidazole rings is 1. The number of ether oxygens (including phenoxy) is 2. The molecule has 164 valence electrons. The number of aromatic nitrogens is 4. The highest BCUT2D eigenvalue weighted by atomic mass is 28.3. The van der Waals surface area contributed by atoms with Crippen LogP contribution >= 0.6 is 0 Å². The van der Waals surface area contributed by atoms with E-state index in [4.69, 9.17) is 9.47 Å². The van der Waals surface area contributed by atoms with Gasteiger partial charge in [0.25, 0.3) is 0 Å². The van der Waals surface area contributed by atoms with Crippen LogP contribution in [0.1, 0.15) is 24.7 Å². The summed E-state index contributed by atoms with van der Waals surface area (Å²) >= 11 is 0. The van der Waals surface area contributed by atoms with Crippen LogP contribution in [0.5, 0.6) is 0 Å². The number of fused-ring (bicyclic) bond motifs is 1.